The molecule has 0 amide bonds. The van der Waals surface area contributed by atoms with Crippen molar-refractivity contribution in [3.8, 4) is 11.5 Å². The normalized spacial score (nSPS) is 14.4. The second kappa shape index (κ2) is 11.1. The van der Waals surface area contributed by atoms with Gasteiger partial charge in [-0.3, -0.25) is 0 Å². The minimum Gasteiger partial charge on any atom is -0.494 e. The Morgan fingerprint density at radius 3 is 2.04 bits per heavy atom. The molecular formula is C25H36O3. The third-order valence-corrected chi connectivity index (χ3v) is 5.53. The van der Waals surface area contributed by atoms with Crippen LogP contribution in [0.25, 0.3) is 0 Å². The number of rotatable bonds is 11. The van der Waals surface area contributed by atoms with Crippen LogP contribution < -0.4 is 9.47 Å². The molecule has 2 aromatic carbocycles. The molecule has 0 aliphatic carbocycles. The van der Waals surface area contributed by atoms with Gasteiger partial charge in [0.1, 0.15) is 18.1 Å². The average Bonchev–Trinajstić information content (AvgIpc) is 2.72. The Hall–Kier alpha value is -2.00. The van der Waals surface area contributed by atoms with E-state index in [0.717, 1.165) is 29.9 Å². The second-order valence-electron chi connectivity index (χ2n) is 7.66. The van der Waals surface area contributed by atoms with E-state index in [0.29, 0.717) is 24.9 Å². The van der Waals surface area contributed by atoms with Crippen LogP contribution >= 0.6 is 0 Å². The van der Waals surface area contributed by atoms with Crippen LogP contribution in [0.5, 0.6) is 11.5 Å². The van der Waals surface area contributed by atoms with Crippen molar-refractivity contribution in [2.75, 3.05) is 13.2 Å². The highest BCUT2D eigenvalue weighted by molar-refractivity contribution is 5.39. The van der Waals surface area contributed by atoms with Gasteiger partial charge in [-0.15, -0.1) is 0 Å². The van der Waals surface area contributed by atoms with Crippen molar-refractivity contribution in [2.45, 2.75) is 71.8 Å². The van der Waals surface area contributed by atoms with Crippen LogP contribution in [0.2, 0.25) is 0 Å². The van der Waals surface area contributed by atoms with Gasteiger partial charge >= 0.3 is 0 Å². The molecule has 0 radical (unpaired) electrons. The Bertz CT molecular complexity index is 708. The number of aliphatic hydroxyl groups is 1. The molecule has 0 bridgehead atoms. The van der Waals surface area contributed by atoms with Gasteiger partial charge in [-0.1, -0.05) is 52.0 Å². The molecule has 3 heteroatoms. The van der Waals surface area contributed by atoms with Crippen LogP contribution in [-0.4, -0.2) is 24.4 Å². The third-order valence-electron chi connectivity index (χ3n) is 5.53. The summed E-state index contributed by atoms with van der Waals surface area (Å²) in [5.41, 5.74) is 3.65. The maximum absolute atomic E-state index is 10.5. The quantitative estimate of drug-likeness (QED) is 0.509. The van der Waals surface area contributed by atoms with Crippen molar-refractivity contribution in [1.29, 1.82) is 0 Å². The third kappa shape index (κ3) is 6.27. The van der Waals surface area contributed by atoms with Gasteiger partial charge < -0.3 is 14.6 Å². The summed E-state index contributed by atoms with van der Waals surface area (Å²) in [7, 11) is 0. The van der Waals surface area contributed by atoms with Crippen LogP contribution in [0.4, 0.5) is 0 Å². The Labute approximate surface area is 170 Å². The van der Waals surface area contributed by atoms with E-state index in [4.69, 9.17) is 9.47 Å². The summed E-state index contributed by atoms with van der Waals surface area (Å²) in [6.45, 7) is 11.7. The summed E-state index contributed by atoms with van der Waals surface area (Å²) < 4.78 is 11.6. The Morgan fingerprint density at radius 1 is 0.821 bits per heavy atom. The molecule has 0 aromatic heterocycles. The lowest BCUT2D eigenvalue weighted by Crippen LogP contribution is -2.20. The van der Waals surface area contributed by atoms with Crippen molar-refractivity contribution in [3.05, 3.63) is 59.2 Å². The first-order valence-corrected chi connectivity index (χ1v) is 10.6. The first-order valence-electron chi connectivity index (χ1n) is 10.6. The number of hydrogen-bond donors (Lipinski definition) is 1. The molecule has 0 aliphatic rings. The molecule has 2 aromatic rings. The molecule has 3 atom stereocenters. The summed E-state index contributed by atoms with van der Waals surface area (Å²) >= 11 is 0. The molecule has 0 aliphatic heterocycles. The smallest absolute Gasteiger partial charge is 0.122 e. The van der Waals surface area contributed by atoms with Crippen molar-refractivity contribution >= 4 is 0 Å². The summed E-state index contributed by atoms with van der Waals surface area (Å²) in [6, 6.07) is 14.5. The fourth-order valence-electron chi connectivity index (χ4n) is 3.23. The van der Waals surface area contributed by atoms with Gasteiger partial charge in [-0.05, 0) is 66.5 Å². The lowest BCUT2D eigenvalue weighted by Gasteiger charge is -2.18. The van der Waals surface area contributed by atoms with E-state index in [1.54, 1.807) is 0 Å². The van der Waals surface area contributed by atoms with E-state index < -0.39 is 6.10 Å². The average molecular weight is 385 g/mol. The monoisotopic (exact) mass is 384 g/mol. The number of hydrogen-bond acceptors (Lipinski definition) is 3. The SMILES string of the molecule is CCOc1ccc(C(C)CC)cc1CC(O)COc1ccc(C(C)CC)cc1. The summed E-state index contributed by atoms with van der Waals surface area (Å²) in [5.74, 6) is 2.69. The highest BCUT2D eigenvalue weighted by Crippen LogP contribution is 2.27. The van der Waals surface area contributed by atoms with Crippen LogP contribution in [0.1, 0.15) is 76.0 Å². The van der Waals surface area contributed by atoms with Crippen LogP contribution in [0, 0.1) is 0 Å². The number of aliphatic hydroxyl groups excluding tert-OH is 1. The molecule has 0 fully saturated rings. The maximum atomic E-state index is 10.5. The lowest BCUT2D eigenvalue weighted by molar-refractivity contribution is 0.107. The summed E-state index contributed by atoms with van der Waals surface area (Å²) in [6.07, 6.45) is 2.15. The predicted molar refractivity (Wildman–Crippen MR) is 117 cm³/mol. The van der Waals surface area contributed by atoms with Gasteiger partial charge in [0, 0.05) is 6.42 Å². The standard InChI is InChI=1S/C25H36O3/c1-6-18(4)20-9-12-24(13-10-20)28-17-23(26)16-22-15-21(19(5)7-2)11-14-25(22)27-8-3/h9-15,18-19,23,26H,6-8,16-17H2,1-5H3. The first kappa shape index (κ1) is 22.3. The topological polar surface area (TPSA) is 38.7 Å². The zero-order valence-corrected chi connectivity index (χ0v) is 18.1. The molecule has 1 N–H and O–H groups in total. The maximum Gasteiger partial charge on any atom is 0.122 e. The predicted octanol–water partition coefficient (Wildman–Crippen LogP) is 6.09. The van der Waals surface area contributed by atoms with E-state index >= 15 is 0 Å². The largest absolute Gasteiger partial charge is 0.494 e. The Morgan fingerprint density at radius 2 is 1.43 bits per heavy atom. The second-order valence-corrected chi connectivity index (χ2v) is 7.66. The molecule has 0 saturated carbocycles. The van der Waals surface area contributed by atoms with Gasteiger partial charge in [-0.25, -0.2) is 0 Å². The molecule has 0 saturated heterocycles. The molecule has 3 nitrogen and oxygen atoms in total. The Balaban J connectivity index is 2.00. The first-order chi connectivity index (χ1) is 13.5. The fourth-order valence-corrected chi connectivity index (χ4v) is 3.23. The summed E-state index contributed by atoms with van der Waals surface area (Å²) in [5, 5.41) is 10.5. The van der Waals surface area contributed by atoms with Gasteiger partial charge in [0.25, 0.3) is 0 Å². The molecule has 2 rings (SSSR count). The fraction of sp³-hybridized carbons (Fsp3) is 0.520. The molecule has 28 heavy (non-hydrogen) atoms. The molecule has 0 spiro atoms. The van der Waals surface area contributed by atoms with Crippen LogP contribution in [0.15, 0.2) is 42.5 Å². The van der Waals surface area contributed by atoms with Crippen molar-refractivity contribution in [1.82, 2.24) is 0 Å². The van der Waals surface area contributed by atoms with E-state index in [1.165, 1.54) is 11.1 Å². The van der Waals surface area contributed by atoms with E-state index in [-0.39, 0.29) is 6.61 Å². The molecule has 154 valence electrons. The lowest BCUT2D eigenvalue weighted by atomic mass is 9.95. The number of benzene rings is 2. The highest BCUT2D eigenvalue weighted by Gasteiger charge is 2.14. The van der Waals surface area contributed by atoms with E-state index in [9.17, 15) is 5.11 Å². The van der Waals surface area contributed by atoms with Crippen molar-refractivity contribution in [2.24, 2.45) is 0 Å². The van der Waals surface area contributed by atoms with Crippen molar-refractivity contribution in [3.63, 3.8) is 0 Å². The van der Waals surface area contributed by atoms with Gasteiger partial charge in [0.05, 0.1) is 12.7 Å². The number of ether oxygens (including phenoxy) is 2. The minimum atomic E-state index is -0.583. The summed E-state index contributed by atoms with van der Waals surface area (Å²) in [4.78, 5) is 0. The zero-order valence-electron chi connectivity index (χ0n) is 18.1. The molecular weight excluding hydrogens is 348 g/mol. The van der Waals surface area contributed by atoms with Gasteiger partial charge in [0.2, 0.25) is 0 Å². The van der Waals surface area contributed by atoms with E-state index in [1.807, 2.05) is 25.1 Å². The van der Waals surface area contributed by atoms with Gasteiger partial charge in [-0.2, -0.15) is 0 Å². The Kier molecular flexibility index (Phi) is 8.85. The van der Waals surface area contributed by atoms with Crippen LogP contribution in [-0.2, 0) is 6.42 Å². The van der Waals surface area contributed by atoms with Crippen molar-refractivity contribution < 1.29 is 14.6 Å². The van der Waals surface area contributed by atoms with Crippen LogP contribution in [0.3, 0.4) is 0 Å². The molecule has 3 unspecified atom stereocenters. The minimum absolute atomic E-state index is 0.266. The zero-order chi connectivity index (χ0) is 20.5. The molecule has 0 heterocycles. The highest BCUT2D eigenvalue weighted by atomic mass is 16.5. The van der Waals surface area contributed by atoms with Gasteiger partial charge in [0.15, 0.2) is 0 Å². The van der Waals surface area contributed by atoms with E-state index in [2.05, 4.69) is 52.0 Å².